The van der Waals surface area contributed by atoms with Crippen LogP contribution in [0.1, 0.15) is 41.9 Å². The molecule has 1 aromatic carbocycles. The second-order valence-corrected chi connectivity index (χ2v) is 7.63. The van der Waals surface area contributed by atoms with Crippen LogP contribution >= 0.6 is 36.2 Å². The third-order valence-electron chi connectivity index (χ3n) is 4.46. The number of thiazole rings is 1. The van der Waals surface area contributed by atoms with Gasteiger partial charge in [-0.3, -0.25) is 4.79 Å². The molecule has 1 aliphatic carbocycles. The molecular weight excluding hydrogens is 405 g/mol. The van der Waals surface area contributed by atoms with E-state index in [1.165, 1.54) is 16.9 Å². The van der Waals surface area contributed by atoms with E-state index < -0.39 is 0 Å². The summed E-state index contributed by atoms with van der Waals surface area (Å²) in [6.07, 6.45) is 4.24. The van der Waals surface area contributed by atoms with Crippen LogP contribution < -0.4 is 15.8 Å². The summed E-state index contributed by atoms with van der Waals surface area (Å²) in [5.74, 6) is 0.868. The van der Waals surface area contributed by atoms with E-state index in [9.17, 15) is 4.79 Å². The molecule has 1 aromatic heterocycles. The number of hydrogen-bond acceptors (Lipinski definition) is 5. The first kappa shape index (κ1) is 23.7. The Labute approximate surface area is 176 Å². The number of benzene rings is 1. The van der Waals surface area contributed by atoms with E-state index in [0.29, 0.717) is 19.1 Å². The number of nitrogens with two attached hydrogens (primary N) is 1. The van der Waals surface area contributed by atoms with Crippen molar-refractivity contribution in [3.05, 3.63) is 45.9 Å². The number of carbonyl (C=O) groups excluding carboxylic acids is 1. The van der Waals surface area contributed by atoms with E-state index in [-0.39, 0.29) is 36.8 Å². The number of ether oxygens (including phenoxy) is 1. The van der Waals surface area contributed by atoms with Crippen LogP contribution in [0.2, 0.25) is 0 Å². The van der Waals surface area contributed by atoms with E-state index in [1.54, 1.807) is 0 Å². The SMILES string of the molecule is Cc1ccc(OCc2nc(CC(=O)NC3CCC(N)CC3)cs2)cc1.Cl.Cl. The van der Waals surface area contributed by atoms with E-state index in [0.717, 1.165) is 42.1 Å². The fourth-order valence-electron chi connectivity index (χ4n) is 2.98. The second kappa shape index (κ2) is 11.5. The van der Waals surface area contributed by atoms with Crippen LogP contribution in [0.15, 0.2) is 29.6 Å². The number of aryl methyl sites for hydroxylation is 1. The zero-order valence-electron chi connectivity index (χ0n) is 15.3. The number of amides is 1. The van der Waals surface area contributed by atoms with E-state index in [2.05, 4.69) is 10.3 Å². The summed E-state index contributed by atoms with van der Waals surface area (Å²) in [5.41, 5.74) is 7.91. The van der Waals surface area contributed by atoms with Crippen molar-refractivity contribution in [1.82, 2.24) is 10.3 Å². The lowest BCUT2D eigenvalue weighted by atomic mass is 9.92. The Hall–Kier alpha value is -1.34. The maximum atomic E-state index is 12.2. The molecule has 8 heteroatoms. The molecule has 0 radical (unpaired) electrons. The normalized spacial score (nSPS) is 18.7. The fraction of sp³-hybridized carbons (Fsp3) is 0.474. The molecule has 0 unspecified atom stereocenters. The molecular formula is C19H27Cl2N3O2S. The predicted molar refractivity (Wildman–Crippen MR) is 114 cm³/mol. The van der Waals surface area contributed by atoms with Gasteiger partial charge in [-0.25, -0.2) is 4.98 Å². The van der Waals surface area contributed by atoms with Gasteiger partial charge < -0.3 is 15.8 Å². The van der Waals surface area contributed by atoms with Crippen molar-refractivity contribution in [1.29, 1.82) is 0 Å². The maximum Gasteiger partial charge on any atom is 0.226 e. The van der Waals surface area contributed by atoms with Gasteiger partial charge in [0.2, 0.25) is 5.91 Å². The topological polar surface area (TPSA) is 77.2 Å². The van der Waals surface area contributed by atoms with Crippen LogP contribution in [-0.2, 0) is 17.8 Å². The number of nitrogens with zero attached hydrogens (tertiary/aromatic N) is 1. The highest BCUT2D eigenvalue weighted by atomic mass is 35.5. The Morgan fingerprint density at radius 2 is 1.89 bits per heavy atom. The third kappa shape index (κ3) is 7.66. The zero-order chi connectivity index (χ0) is 17.6. The molecule has 0 bridgehead atoms. The van der Waals surface area contributed by atoms with Crippen molar-refractivity contribution in [2.75, 3.05) is 0 Å². The van der Waals surface area contributed by atoms with Gasteiger partial charge in [-0.2, -0.15) is 0 Å². The molecule has 3 N–H and O–H groups in total. The van der Waals surface area contributed by atoms with Crippen molar-refractivity contribution >= 4 is 42.1 Å². The van der Waals surface area contributed by atoms with Crippen LogP contribution in [0, 0.1) is 6.92 Å². The number of aromatic nitrogens is 1. The van der Waals surface area contributed by atoms with E-state index >= 15 is 0 Å². The molecule has 1 aliphatic rings. The molecule has 150 valence electrons. The van der Waals surface area contributed by atoms with Crippen LogP contribution in [0.4, 0.5) is 0 Å². The van der Waals surface area contributed by atoms with Crippen molar-refractivity contribution in [3.63, 3.8) is 0 Å². The molecule has 0 aliphatic heterocycles. The quantitative estimate of drug-likeness (QED) is 0.728. The number of nitrogens with one attached hydrogen (secondary N) is 1. The van der Waals surface area contributed by atoms with Gasteiger partial charge in [0.25, 0.3) is 0 Å². The van der Waals surface area contributed by atoms with Gasteiger partial charge in [0, 0.05) is 17.5 Å². The first-order valence-corrected chi connectivity index (χ1v) is 9.64. The number of halogens is 2. The van der Waals surface area contributed by atoms with Gasteiger partial charge in [0.1, 0.15) is 17.4 Å². The Morgan fingerprint density at radius 3 is 2.56 bits per heavy atom. The first-order chi connectivity index (χ1) is 12.1. The largest absolute Gasteiger partial charge is 0.486 e. The van der Waals surface area contributed by atoms with Crippen LogP contribution in [0.3, 0.4) is 0 Å². The molecule has 5 nitrogen and oxygen atoms in total. The molecule has 1 heterocycles. The average molecular weight is 432 g/mol. The van der Waals surface area contributed by atoms with Crippen molar-refractivity contribution in [2.24, 2.45) is 5.73 Å². The van der Waals surface area contributed by atoms with Gasteiger partial charge >= 0.3 is 0 Å². The van der Waals surface area contributed by atoms with Crippen molar-refractivity contribution < 1.29 is 9.53 Å². The number of hydrogen-bond donors (Lipinski definition) is 2. The lowest BCUT2D eigenvalue weighted by molar-refractivity contribution is -0.121. The Balaban J connectivity index is 0.00000182. The number of rotatable bonds is 6. The molecule has 0 atom stereocenters. The van der Waals surface area contributed by atoms with Gasteiger partial charge in [0.05, 0.1) is 12.1 Å². The summed E-state index contributed by atoms with van der Waals surface area (Å²) in [4.78, 5) is 16.7. The Morgan fingerprint density at radius 1 is 1.22 bits per heavy atom. The van der Waals surface area contributed by atoms with Crippen molar-refractivity contribution in [2.45, 2.75) is 57.7 Å². The minimum absolute atomic E-state index is 0. The summed E-state index contributed by atoms with van der Waals surface area (Å²) < 4.78 is 5.73. The summed E-state index contributed by atoms with van der Waals surface area (Å²) in [6, 6.07) is 8.50. The van der Waals surface area contributed by atoms with Gasteiger partial charge in [0.15, 0.2) is 0 Å². The molecule has 1 saturated carbocycles. The lowest BCUT2D eigenvalue weighted by Gasteiger charge is -2.26. The van der Waals surface area contributed by atoms with Crippen LogP contribution in [0.5, 0.6) is 5.75 Å². The number of carbonyl (C=O) groups is 1. The minimum Gasteiger partial charge on any atom is -0.486 e. The summed E-state index contributed by atoms with van der Waals surface area (Å²) in [5, 5.41) is 5.92. The monoisotopic (exact) mass is 431 g/mol. The summed E-state index contributed by atoms with van der Waals surface area (Å²) >= 11 is 1.53. The van der Waals surface area contributed by atoms with Gasteiger partial charge in [-0.1, -0.05) is 17.7 Å². The van der Waals surface area contributed by atoms with Crippen molar-refractivity contribution in [3.8, 4) is 5.75 Å². The van der Waals surface area contributed by atoms with Gasteiger partial charge in [-0.05, 0) is 44.7 Å². The first-order valence-electron chi connectivity index (χ1n) is 8.76. The predicted octanol–water partition coefficient (Wildman–Crippen LogP) is 3.80. The average Bonchev–Trinajstić information content (AvgIpc) is 3.04. The van der Waals surface area contributed by atoms with E-state index in [1.807, 2.05) is 36.6 Å². The second-order valence-electron chi connectivity index (χ2n) is 6.69. The fourth-order valence-corrected chi connectivity index (χ4v) is 3.69. The smallest absolute Gasteiger partial charge is 0.226 e. The molecule has 1 fully saturated rings. The van der Waals surface area contributed by atoms with Gasteiger partial charge in [-0.15, -0.1) is 36.2 Å². The Kier molecular flexibility index (Phi) is 10.1. The molecule has 0 saturated heterocycles. The van der Waals surface area contributed by atoms with Crippen LogP contribution in [-0.4, -0.2) is 23.0 Å². The Bertz CT molecular complexity index is 701. The minimum atomic E-state index is 0. The molecule has 0 spiro atoms. The van der Waals surface area contributed by atoms with E-state index in [4.69, 9.17) is 10.5 Å². The third-order valence-corrected chi connectivity index (χ3v) is 5.33. The highest BCUT2D eigenvalue weighted by molar-refractivity contribution is 7.09. The zero-order valence-corrected chi connectivity index (χ0v) is 17.8. The molecule has 27 heavy (non-hydrogen) atoms. The summed E-state index contributed by atoms with van der Waals surface area (Å²) in [6.45, 7) is 2.47. The van der Waals surface area contributed by atoms with Crippen LogP contribution in [0.25, 0.3) is 0 Å². The molecule has 3 rings (SSSR count). The standard InChI is InChI=1S/C19H25N3O2S.2ClH/c1-13-2-8-17(9-3-13)24-11-19-22-16(12-25-19)10-18(23)21-15-6-4-14(20)5-7-15;;/h2-3,8-9,12,14-15H,4-7,10-11,20H2,1H3,(H,21,23);2*1H. The molecule has 2 aromatic rings. The summed E-state index contributed by atoms with van der Waals surface area (Å²) in [7, 11) is 0. The highest BCUT2D eigenvalue weighted by Crippen LogP contribution is 2.18. The highest BCUT2D eigenvalue weighted by Gasteiger charge is 2.20. The maximum absolute atomic E-state index is 12.2. The lowest BCUT2D eigenvalue weighted by Crippen LogP contribution is -2.41. The molecule has 1 amide bonds.